The summed E-state index contributed by atoms with van der Waals surface area (Å²) in [5.41, 5.74) is 5.26. The van der Waals surface area contributed by atoms with Crippen molar-refractivity contribution in [2.24, 2.45) is 0 Å². The Morgan fingerprint density at radius 2 is 1.46 bits per heavy atom. The maximum absolute atomic E-state index is 12.6. The van der Waals surface area contributed by atoms with Gasteiger partial charge < -0.3 is 19.6 Å². The fourth-order valence-electron chi connectivity index (χ4n) is 4.36. The van der Waals surface area contributed by atoms with Crippen molar-refractivity contribution in [1.82, 2.24) is 5.32 Å². The number of aliphatic carboxylic acids is 1. The number of hydrogen-bond acceptors (Lipinski definition) is 4. The largest absolute Gasteiger partial charge is 0.544 e. The van der Waals surface area contributed by atoms with E-state index in [2.05, 4.69) is 51.3 Å². The molecule has 3 aromatic rings. The first-order valence-electron chi connectivity index (χ1n) is 12.6. The molecule has 0 aromatic heterocycles. The number of rotatable bonds is 8. The van der Waals surface area contributed by atoms with Crippen LogP contribution >= 0.6 is 0 Å². The molecule has 0 radical (unpaired) electrons. The SMILES string of the molecule is CC(C)(C)[Si](C)(C)Oc1ccc(C[C@H](NC(=O)OCC2c3ccccc3-c3ccccc32)C(=O)O)cc1. The van der Waals surface area contributed by atoms with Gasteiger partial charge in [0.05, 0.1) is 0 Å². The maximum Gasteiger partial charge on any atom is 0.407 e. The zero-order chi connectivity index (χ0) is 26.8. The average Bonchev–Trinajstić information content (AvgIpc) is 3.16. The summed E-state index contributed by atoms with van der Waals surface area (Å²) >= 11 is 0. The molecule has 0 heterocycles. The molecule has 0 fully saturated rings. The van der Waals surface area contributed by atoms with E-state index < -0.39 is 26.4 Å². The third kappa shape index (κ3) is 5.88. The second kappa shape index (κ2) is 10.4. The molecule has 1 atom stereocenters. The third-order valence-electron chi connectivity index (χ3n) is 7.48. The molecule has 7 heteroatoms. The lowest BCUT2D eigenvalue weighted by atomic mass is 9.98. The minimum Gasteiger partial charge on any atom is -0.544 e. The van der Waals surface area contributed by atoms with Gasteiger partial charge in [-0.3, -0.25) is 0 Å². The molecule has 0 aliphatic heterocycles. The van der Waals surface area contributed by atoms with E-state index in [1.54, 1.807) is 0 Å². The normalized spacial score (nSPS) is 13.9. The van der Waals surface area contributed by atoms with Gasteiger partial charge in [-0.15, -0.1) is 0 Å². The lowest BCUT2D eigenvalue weighted by Gasteiger charge is -2.36. The zero-order valence-electron chi connectivity index (χ0n) is 22.1. The van der Waals surface area contributed by atoms with Gasteiger partial charge in [-0.05, 0) is 58.1 Å². The van der Waals surface area contributed by atoms with Crippen LogP contribution in [0.4, 0.5) is 4.79 Å². The Balaban J connectivity index is 1.37. The molecule has 37 heavy (non-hydrogen) atoms. The van der Waals surface area contributed by atoms with E-state index in [-0.39, 0.29) is 24.0 Å². The number of carboxylic acids is 1. The Labute approximate surface area is 219 Å². The topological polar surface area (TPSA) is 84.9 Å². The van der Waals surface area contributed by atoms with Gasteiger partial charge in [0.2, 0.25) is 8.32 Å². The van der Waals surface area contributed by atoms with Crippen LogP contribution in [0.5, 0.6) is 5.75 Å². The molecular weight excluding hydrogens is 482 g/mol. The summed E-state index contributed by atoms with van der Waals surface area (Å²) in [5.74, 6) is -0.434. The first kappa shape index (κ1) is 26.5. The molecule has 194 valence electrons. The predicted octanol–water partition coefficient (Wildman–Crippen LogP) is 6.61. The highest BCUT2D eigenvalue weighted by Crippen LogP contribution is 2.44. The van der Waals surface area contributed by atoms with Crippen molar-refractivity contribution in [3.05, 3.63) is 89.5 Å². The fourth-order valence-corrected chi connectivity index (χ4v) is 5.39. The van der Waals surface area contributed by atoms with Crippen molar-refractivity contribution in [3.63, 3.8) is 0 Å². The summed E-state index contributed by atoms with van der Waals surface area (Å²) in [5, 5.41) is 12.3. The van der Waals surface area contributed by atoms with E-state index in [0.29, 0.717) is 0 Å². The Kier molecular flexibility index (Phi) is 7.46. The van der Waals surface area contributed by atoms with E-state index >= 15 is 0 Å². The molecule has 0 spiro atoms. The summed E-state index contributed by atoms with van der Waals surface area (Å²) < 4.78 is 11.8. The summed E-state index contributed by atoms with van der Waals surface area (Å²) in [7, 11) is -1.97. The molecule has 6 nitrogen and oxygen atoms in total. The van der Waals surface area contributed by atoms with Crippen molar-refractivity contribution in [1.29, 1.82) is 0 Å². The average molecular weight is 518 g/mol. The van der Waals surface area contributed by atoms with Gasteiger partial charge in [-0.25, -0.2) is 9.59 Å². The summed E-state index contributed by atoms with van der Waals surface area (Å²) in [6, 6.07) is 22.5. The van der Waals surface area contributed by atoms with Crippen LogP contribution in [-0.2, 0) is 16.0 Å². The van der Waals surface area contributed by atoms with Gasteiger partial charge in [0, 0.05) is 12.3 Å². The number of alkyl carbamates (subject to hydrolysis) is 1. The molecule has 3 aromatic carbocycles. The number of nitrogens with one attached hydrogen (secondary N) is 1. The molecule has 0 bridgehead atoms. The minimum absolute atomic E-state index is 0.0764. The number of carbonyl (C=O) groups is 2. The lowest BCUT2D eigenvalue weighted by molar-refractivity contribution is -0.139. The molecule has 1 amide bonds. The van der Waals surface area contributed by atoms with E-state index in [1.807, 2.05) is 60.7 Å². The quantitative estimate of drug-likeness (QED) is 0.329. The zero-order valence-corrected chi connectivity index (χ0v) is 23.1. The van der Waals surface area contributed by atoms with Crippen LogP contribution in [0.1, 0.15) is 43.4 Å². The summed E-state index contributed by atoms with van der Waals surface area (Å²) in [6.07, 6.45) is -0.605. The number of carbonyl (C=O) groups excluding carboxylic acids is 1. The van der Waals surface area contributed by atoms with E-state index in [9.17, 15) is 14.7 Å². The maximum atomic E-state index is 12.6. The molecule has 2 N–H and O–H groups in total. The highest BCUT2D eigenvalue weighted by molar-refractivity contribution is 6.74. The van der Waals surface area contributed by atoms with Crippen LogP contribution in [0.3, 0.4) is 0 Å². The van der Waals surface area contributed by atoms with E-state index in [0.717, 1.165) is 33.6 Å². The summed E-state index contributed by atoms with van der Waals surface area (Å²) in [6.45, 7) is 11.0. The first-order valence-corrected chi connectivity index (χ1v) is 15.5. The molecule has 1 aliphatic carbocycles. The van der Waals surface area contributed by atoms with Gasteiger partial charge in [0.15, 0.2) is 0 Å². The van der Waals surface area contributed by atoms with Crippen LogP contribution in [0.2, 0.25) is 18.1 Å². The number of amides is 1. The van der Waals surface area contributed by atoms with Gasteiger partial charge in [0.1, 0.15) is 18.4 Å². The molecule has 0 unspecified atom stereocenters. The van der Waals surface area contributed by atoms with Crippen LogP contribution in [0, 0.1) is 0 Å². The number of ether oxygens (including phenoxy) is 1. The standard InChI is InChI=1S/C30H35NO5Si/c1-30(2,3)37(4,5)36-21-16-14-20(15-17-21)18-27(28(32)33)31-29(34)35-19-26-24-12-8-6-10-22(24)23-11-7-9-13-25(23)26/h6-17,26-27H,18-19H2,1-5H3,(H,31,34)(H,32,33)/t27-/m0/s1. The molecule has 0 saturated heterocycles. The van der Waals surface area contributed by atoms with Gasteiger partial charge in [0.25, 0.3) is 0 Å². The monoisotopic (exact) mass is 517 g/mol. The molecule has 1 aliphatic rings. The Morgan fingerprint density at radius 1 is 0.919 bits per heavy atom. The second-order valence-electron chi connectivity index (χ2n) is 11.1. The van der Waals surface area contributed by atoms with E-state index in [1.165, 1.54) is 0 Å². The second-order valence-corrected chi connectivity index (χ2v) is 15.8. The van der Waals surface area contributed by atoms with Crippen molar-refractivity contribution in [2.45, 2.75) is 57.3 Å². The Morgan fingerprint density at radius 3 is 1.97 bits per heavy atom. The first-order chi connectivity index (χ1) is 17.5. The number of fused-ring (bicyclic) bond motifs is 3. The Bertz CT molecular complexity index is 1230. The Hall–Kier alpha value is -3.58. The van der Waals surface area contributed by atoms with Crippen LogP contribution in [-0.4, -0.2) is 38.1 Å². The number of benzene rings is 3. The van der Waals surface area contributed by atoms with Gasteiger partial charge >= 0.3 is 12.1 Å². The minimum atomic E-state index is -1.97. The van der Waals surface area contributed by atoms with Crippen LogP contribution in [0.15, 0.2) is 72.8 Å². The van der Waals surface area contributed by atoms with Crippen molar-refractivity contribution < 1.29 is 23.9 Å². The van der Waals surface area contributed by atoms with Crippen LogP contribution in [0.25, 0.3) is 11.1 Å². The van der Waals surface area contributed by atoms with Crippen LogP contribution < -0.4 is 9.74 Å². The fraction of sp³-hybridized carbons (Fsp3) is 0.333. The number of carboxylic acid groups (broad SMARTS) is 1. The van der Waals surface area contributed by atoms with Gasteiger partial charge in [-0.2, -0.15) is 0 Å². The highest BCUT2D eigenvalue weighted by Gasteiger charge is 2.39. The lowest BCUT2D eigenvalue weighted by Crippen LogP contribution is -2.44. The third-order valence-corrected chi connectivity index (χ3v) is 11.8. The van der Waals surface area contributed by atoms with E-state index in [4.69, 9.17) is 9.16 Å². The predicted molar refractivity (Wildman–Crippen MR) is 148 cm³/mol. The number of hydrogen-bond donors (Lipinski definition) is 2. The van der Waals surface area contributed by atoms with Crippen molar-refractivity contribution >= 4 is 20.4 Å². The smallest absolute Gasteiger partial charge is 0.407 e. The summed E-state index contributed by atoms with van der Waals surface area (Å²) in [4.78, 5) is 24.5. The molecular formula is C30H35NO5Si. The molecule has 4 rings (SSSR count). The van der Waals surface area contributed by atoms with Gasteiger partial charge in [-0.1, -0.05) is 81.4 Å². The van der Waals surface area contributed by atoms with Crippen molar-refractivity contribution in [2.75, 3.05) is 6.61 Å². The van der Waals surface area contributed by atoms with Crippen molar-refractivity contribution in [3.8, 4) is 16.9 Å². The highest BCUT2D eigenvalue weighted by atomic mass is 28.4. The molecule has 0 saturated carbocycles.